The molecule has 2 heterocycles. The highest BCUT2D eigenvalue weighted by Crippen LogP contribution is 2.41. The lowest BCUT2D eigenvalue weighted by molar-refractivity contribution is -0.174. The number of aryl methyl sites for hydroxylation is 1. The van der Waals surface area contributed by atoms with Crippen molar-refractivity contribution in [2.45, 2.75) is 89.0 Å². The maximum absolute atomic E-state index is 12.5. The summed E-state index contributed by atoms with van der Waals surface area (Å²) in [5, 5.41) is 10.3. The Morgan fingerprint density at radius 3 is 2.57 bits per heavy atom. The number of carbonyl (C=O) groups excluding carboxylic acids is 1. The van der Waals surface area contributed by atoms with Gasteiger partial charge in [-0.15, -0.1) is 0 Å². The van der Waals surface area contributed by atoms with Crippen molar-refractivity contribution in [1.82, 2.24) is 14.5 Å². The lowest BCUT2D eigenvalue weighted by Gasteiger charge is -2.41. The molecule has 0 amide bonds. The molecule has 9 heteroatoms. The highest BCUT2D eigenvalue weighted by atomic mass is 35.5. The molecule has 0 aliphatic heterocycles. The molecule has 0 spiro atoms. The van der Waals surface area contributed by atoms with Crippen LogP contribution in [0.2, 0.25) is 5.15 Å². The maximum atomic E-state index is 12.5. The number of aromatic nitrogens is 3. The molecule has 0 bridgehead atoms. The van der Waals surface area contributed by atoms with E-state index in [4.69, 9.17) is 16.6 Å². The first kappa shape index (κ1) is 23.0. The number of unbranched alkanes of at least 4 members (excludes halogenated alkanes) is 1. The van der Waals surface area contributed by atoms with E-state index in [9.17, 15) is 23.1 Å². The van der Waals surface area contributed by atoms with Crippen molar-refractivity contribution >= 4 is 28.5 Å². The van der Waals surface area contributed by atoms with E-state index in [0.29, 0.717) is 24.4 Å². The normalized spacial score (nSPS) is 18.2. The van der Waals surface area contributed by atoms with Gasteiger partial charge in [-0.25, -0.2) is 9.97 Å². The molecule has 0 saturated heterocycles. The zero-order valence-corrected chi connectivity index (χ0v) is 18.0. The Morgan fingerprint density at radius 1 is 1.27 bits per heavy atom. The van der Waals surface area contributed by atoms with E-state index in [-0.39, 0.29) is 17.7 Å². The van der Waals surface area contributed by atoms with E-state index < -0.39 is 24.6 Å². The number of ketones is 1. The van der Waals surface area contributed by atoms with Gasteiger partial charge in [-0.3, -0.25) is 4.79 Å². The van der Waals surface area contributed by atoms with Crippen molar-refractivity contribution in [3.8, 4) is 0 Å². The van der Waals surface area contributed by atoms with Crippen LogP contribution in [0.15, 0.2) is 12.1 Å². The molecule has 1 atom stereocenters. The molecule has 2 aromatic heterocycles. The molecular weight excluding hydrogens is 419 g/mol. The third kappa shape index (κ3) is 5.52. The lowest BCUT2D eigenvalue weighted by atomic mass is 9.78. The van der Waals surface area contributed by atoms with Gasteiger partial charge in [-0.1, -0.05) is 11.6 Å². The van der Waals surface area contributed by atoms with Crippen molar-refractivity contribution in [3.05, 3.63) is 23.1 Å². The van der Waals surface area contributed by atoms with Crippen LogP contribution in [0.25, 0.3) is 11.2 Å². The van der Waals surface area contributed by atoms with Gasteiger partial charge >= 0.3 is 6.18 Å². The second kappa shape index (κ2) is 8.46. The molecule has 5 nitrogen and oxygen atoms in total. The minimum Gasteiger partial charge on any atom is -0.389 e. The number of imidazole rings is 1. The summed E-state index contributed by atoms with van der Waals surface area (Å²) in [5.41, 5.74) is -0.568. The molecule has 1 aliphatic rings. The Morgan fingerprint density at radius 2 is 1.97 bits per heavy atom. The second-order valence-corrected chi connectivity index (χ2v) is 9.29. The van der Waals surface area contributed by atoms with Crippen LogP contribution >= 0.6 is 11.6 Å². The van der Waals surface area contributed by atoms with Crippen LogP contribution in [-0.4, -0.2) is 37.2 Å². The first-order valence-corrected chi connectivity index (χ1v) is 10.6. The van der Waals surface area contributed by atoms with E-state index in [0.717, 1.165) is 43.2 Å². The summed E-state index contributed by atoms with van der Waals surface area (Å²) in [4.78, 5) is 21.2. The molecule has 1 unspecified atom stereocenters. The zero-order chi connectivity index (χ0) is 22.2. The zero-order valence-electron chi connectivity index (χ0n) is 17.2. The molecule has 30 heavy (non-hydrogen) atoms. The van der Waals surface area contributed by atoms with Gasteiger partial charge < -0.3 is 9.67 Å². The number of carbonyl (C=O) groups is 1. The summed E-state index contributed by atoms with van der Waals surface area (Å²) in [6.45, 7) is 3.23. The van der Waals surface area contributed by atoms with Crippen LogP contribution in [0, 0.1) is 0 Å². The number of alkyl halides is 3. The molecule has 1 aliphatic carbocycles. The standard InChI is InChI=1S/C21H27ClF3N3O2/c1-19(10-5-11-19)28-17(26-15-8-9-16(22)27-18(15)28)7-4-3-6-14(29)12-20(2,30)13-21(23,24)25/h8-9,30H,3-7,10-13H2,1-2H3. The van der Waals surface area contributed by atoms with E-state index in [1.807, 2.05) is 6.07 Å². The van der Waals surface area contributed by atoms with Crippen LogP contribution in [0.3, 0.4) is 0 Å². The van der Waals surface area contributed by atoms with Gasteiger partial charge in [0.2, 0.25) is 0 Å². The predicted octanol–water partition coefficient (Wildman–Crippen LogP) is 5.36. The molecule has 1 saturated carbocycles. The van der Waals surface area contributed by atoms with Gasteiger partial charge in [-0.2, -0.15) is 13.2 Å². The molecule has 1 fully saturated rings. The van der Waals surface area contributed by atoms with Crippen molar-refractivity contribution in [2.24, 2.45) is 0 Å². The molecule has 0 aromatic carbocycles. The van der Waals surface area contributed by atoms with Crippen LogP contribution in [0.4, 0.5) is 13.2 Å². The molecule has 3 rings (SSSR count). The van der Waals surface area contributed by atoms with Crippen LogP contribution < -0.4 is 0 Å². The number of halogens is 4. The molecule has 166 valence electrons. The largest absolute Gasteiger partial charge is 0.391 e. The highest BCUT2D eigenvalue weighted by molar-refractivity contribution is 6.29. The van der Waals surface area contributed by atoms with Crippen LogP contribution in [0.5, 0.6) is 0 Å². The minimum absolute atomic E-state index is 0.0477. The van der Waals surface area contributed by atoms with Crippen LogP contribution in [-0.2, 0) is 16.8 Å². The summed E-state index contributed by atoms with van der Waals surface area (Å²) < 4.78 is 39.6. The van der Waals surface area contributed by atoms with Gasteiger partial charge in [0.15, 0.2) is 5.65 Å². The summed E-state index contributed by atoms with van der Waals surface area (Å²) >= 11 is 6.09. The monoisotopic (exact) mass is 445 g/mol. The number of Topliss-reactive ketones (excluding diaryl/α,β-unsaturated/α-hetero) is 1. The number of aliphatic hydroxyl groups is 1. The predicted molar refractivity (Wildman–Crippen MR) is 109 cm³/mol. The third-order valence-corrected chi connectivity index (χ3v) is 5.99. The topological polar surface area (TPSA) is 68.0 Å². The summed E-state index contributed by atoms with van der Waals surface area (Å²) in [5.74, 6) is 0.524. The van der Waals surface area contributed by atoms with Gasteiger partial charge in [0, 0.05) is 24.8 Å². The number of hydrogen-bond acceptors (Lipinski definition) is 4. The highest BCUT2D eigenvalue weighted by Gasteiger charge is 2.39. The first-order chi connectivity index (χ1) is 13.9. The lowest BCUT2D eigenvalue weighted by Crippen LogP contribution is -2.38. The van der Waals surface area contributed by atoms with Crippen LogP contribution in [0.1, 0.15) is 71.0 Å². The SMILES string of the molecule is CC(O)(CC(=O)CCCCc1nc2ccc(Cl)nc2n1C1(C)CCC1)CC(F)(F)F. The van der Waals surface area contributed by atoms with E-state index in [1.165, 1.54) is 0 Å². The number of hydrogen-bond donors (Lipinski definition) is 1. The third-order valence-electron chi connectivity index (χ3n) is 5.78. The number of nitrogens with zero attached hydrogens (tertiary/aromatic N) is 3. The smallest absolute Gasteiger partial charge is 0.389 e. The van der Waals surface area contributed by atoms with Crippen molar-refractivity contribution < 1.29 is 23.1 Å². The van der Waals surface area contributed by atoms with Gasteiger partial charge in [0.1, 0.15) is 22.3 Å². The molecule has 2 aromatic rings. The van der Waals surface area contributed by atoms with Gasteiger partial charge in [0.05, 0.1) is 12.0 Å². The van der Waals surface area contributed by atoms with E-state index >= 15 is 0 Å². The van der Waals surface area contributed by atoms with Gasteiger partial charge in [0.25, 0.3) is 0 Å². The van der Waals surface area contributed by atoms with Crippen molar-refractivity contribution in [3.63, 3.8) is 0 Å². The number of rotatable bonds is 9. The van der Waals surface area contributed by atoms with Crippen molar-refractivity contribution in [1.29, 1.82) is 0 Å². The Kier molecular flexibility index (Phi) is 6.49. The second-order valence-electron chi connectivity index (χ2n) is 8.90. The average Bonchev–Trinajstić information content (AvgIpc) is 2.91. The fourth-order valence-corrected chi connectivity index (χ4v) is 4.38. The Bertz CT molecular complexity index is 920. The molecule has 1 N–H and O–H groups in total. The number of pyridine rings is 1. The molecular formula is C21H27ClF3N3O2. The Labute approximate surface area is 178 Å². The maximum Gasteiger partial charge on any atom is 0.391 e. The average molecular weight is 446 g/mol. The number of fused-ring (bicyclic) bond motifs is 1. The van der Waals surface area contributed by atoms with E-state index in [1.54, 1.807) is 6.07 Å². The summed E-state index contributed by atoms with van der Waals surface area (Å²) in [6, 6.07) is 3.55. The van der Waals surface area contributed by atoms with Crippen molar-refractivity contribution in [2.75, 3.05) is 0 Å². The minimum atomic E-state index is -4.50. The van der Waals surface area contributed by atoms with E-state index in [2.05, 4.69) is 16.5 Å². The Balaban J connectivity index is 1.60. The fourth-order valence-electron chi connectivity index (χ4n) is 4.24. The van der Waals surface area contributed by atoms with Gasteiger partial charge in [-0.05, 0) is 58.1 Å². The Hall–Kier alpha value is -1.67. The molecule has 0 radical (unpaired) electrons. The quantitative estimate of drug-likeness (QED) is 0.416. The first-order valence-electron chi connectivity index (χ1n) is 10.2. The summed E-state index contributed by atoms with van der Waals surface area (Å²) in [6.07, 6.45) is -1.21. The fraction of sp³-hybridized carbons (Fsp3) is 0.667. The summed E-state index contributed by atoms with van der Waals surface area (Å²) in [7, 11) is 0.